The van der Waals surface area contributed by atoms with Crippen molar-refractivity contribution in [1.29, 1.82) is 0 Å². The molecule has 0 spiro atoms. The Labute approximate surface area is 126 Å². The highest BCUT2D eigenvalue weighted by Gasteiger charge is 2.33. The standard InChI is InChI=1S/C6H14.C4H12O3P.C4H10O2/c1-5-6(2,3)4;1-5-8(4,6-2)7-3;1-4(5-2)6-3/h5H2,1-4H3;1-4H3;4H,1-3H3/q;+1;. The molecule has 0 aliphatic rings. The summed E-state index contributed by atoms with van der Waals surface area (Å²) in [6.45, 7) is 12.6. The normalized spacial score (nSPS) is 11.4. The van der Waals surface area contributed by atoms with E-state index >= 15 is 0 Å². The van der Waals surface area contributed by atoms with Crippen LogP contribution in [0.3, 0.4) is 0 Å². The quantitative estimate of drug-likeness (QED) is 0.556. The van der Waals surface area contributed by atoms with Gasteiger partial charge >= 0.3 is 7.94 Å². The highest BCUT2D eigenvalue weighted by atomic mass is 31.2. The molecule has 0 saturated carbocycles. The van der Waals surface area contributed by atoms with E-state index in [9.17, 15) is 0 Å². The molecule has 20 heavy (non-hydrogen) atoms. The van der Waals surface area contributed by atoms with Crippen LogP contribution in [0.1, 0.15) is 41.0 Å². The van der Waals surface area contributed by atoms with Crippen molar-refractivity contribution >= 4 is 7.94 Å². The summed E-state index contributed by atoms with van der Waals surface area (Å²) >= 11 is 0. The first kappa shape index (κ1) is 25.2. The molecule has 0 atom stereocenters. The number of hydrogen-bond donors (Lipinski definition) is 0. The highest BCUT2D eigenvalue weighted by Crippen LogP contribution is 2.56. The van der Waals surface area contributed by atoms with Gasteiger partial charge in [-0.1, -0.05) is 34.1 Å². The lowest BCUT2D eigenvalue weighted by atomic mass is 9.94. The molecule has 0 aromatic carbocycles. The molecule has 126 valence electrons. The smallest absolute Gasteiger partial charge is 0.356 e. The first-order valence-electron chi connectivity index (χ1n) is 6.65. The Bertz CT molecular complexity index is 178. The Morgan fingerprint density at radius 1 is 0.850 bits per heavy atom. The first-order valence-corrected chi connectivity index (χ1v) is 8.64. The third-order valence-corrected chi connectivity index (χ3v) is 4.71. The van der Waals surface area contributed by atoms with Gasteiger partial charge in [0.25, 0.3) is 0 Å². The molecule has 0 N–H and O–H groups in total. The minimum Gasteiger partial charge on any atom is -0.356 e. The SMILES string of the molecule is CCC(C)(C)C.COC(C)OC.CO[P+](C)(OC)OC. The molecule has 0 fully saturated rings. The Hall–Kier alpha value is 0.230. The second-order valence-electron chi connectivity index (χ2n) is 5.27. The fraction of sp³-hybridized carbons (Fsp3) is 1.00. The van der Waals surface area contributed by atoms with Crippen molar-refractivity contribution in [3.63, 3.8) is 0 Å². The predicted molar refractivity (Wildman–Crippen MR) is 87.1 cm³/mol. The van der Waals surface area contributed by atoms with Gasteiger partial charge in [0.1, 0.15) is 6.66 Å². The maximum atomic E-state index is 4.90. The van der Waals surface area contributed by atoms with Gasteiger partial charge in [-0.3, -0.25) is 0 Å². The van der Waals surface area contributed by atoms with Crippen LogP contribution in [0.15, 0.2) is 0 Å². The molecule has 5 nitrogen and oxygen atoms in total. The van der Waals surface area contributed by atoms with Crippen molar-refractivity contribution in [2.45, 2.75) is 47.3 Å². The van der Waals surface area contributed by atoms with Crippen molar-refractivity contribution in [3.05, 3.63) is 0 Å². The number of rotatable bonds is 5. The topological polar surface area (TPSA) is 46.2 Å². The predicted octanol–water partition coefficient (Wildman–Crippen LogP) is 4.39. The molecule has 0 radical (unpaired) electrons. The minimum absolute atomic E-state index is 0.0648. The monoisotopic (exact) mass is 315 g/mol. The second kappa shape index (κ2) is 14.2. The largest absolute Gasteiger partial charge is 0.407 e. The molecule has 0 bridgehead atoms. The van der Waals surface area contributed by atoms with Gasteiger partial charge < -0.3 is 9.47 Å². The molecule has 0 aliphatic carbocycles. The van der Waals surface area contributed by atoms with Crippen molar-refractivity contribution in [3.8, 4) is 0 Å². The maximum absolute atomic E-state index is 4.90. The van der Waals surface area contributed by atoms with Gasteiger partial charge in [-0.05, 0) is 12.3 Å². The molecular formula is C14H36O5P+. The Morgan fingerprint density at radius 2 is 1.10 bits per heavy atom. The van der Waals surface area contributed by atoms with Crippen LogP contribution in [-0.2, 0) is 23.0 Å². The molecule has 0 rings (SSSR count). The van der Waals surface area contributed by atoms with E-state index < -0.39 is 7.94 Å². The summed E-state index contributed by atoms with van der Waals surface area (Å²) in [4.78, 5) is 0. The van der Waals surface area contributed by atoms with E-state index in [0.29, 0.717) is 5.41 Å². The molecule has 0 aromatic heterocycles. The van der Waals surface area contributed by atoms with Gasteiger partial charge in [0, 0.05) is 14.2 Å². The van der Waals surface area contributed by atoms with Crippen molar-refractivity contribution in [1.82, 2.24) is 0 Å². The summed E-state index contributed by atoms with van der Waals surface area (Å²) < 4.78 is 24.1. The molecule has 0 heterocycles. The van der Waals surface area contributed by atoms with E-state index in [1.165, 1.54) is 6.42 Å². The summed E-state index contributed by atoms with van der Waals surface area (Å²) in [5, 5.41) is 0. The van der Waals surface area contributed by atoms with E-state index in [1.807, 2.05) is 6.92 Å². The van der Waals surface area contributed by atoms with Gasteiger partial charge in [-0.2, -0.15) is 13.6 Å². The van der Waals surface area contributed by atoms with Gasteiger partial charge in [-0.25, -0.2) is 0 Å². The lowest BCUT2D eigenvalue weighted by molar-refractivity contribution is -0.0877. The van der Waals surface area contributed by atoms with Crippen LogP contribution in [0.2, 0.25) is 0 Å². The zero-order chi connectivity index (χ0) is 16.8. The van der Waals surface area contributed by atoms with Gasteiger partial charge in [0.2, 0.25) is 0 Å². The van der Waals surface area contributed by atoms with E-state index in [2.05, 4.69) is 37.2 Å². The van der Waals surface area contributed by atoms with Crippen LogP contribution in [-0.4, -0.2) is 48.5 Å². The fourth-order valence-electron chi connectivity index (χ4n) is 0.320. The van der Waals surface area contributed by atoms with E-state index in [0.717, 1.165) is 0 Å². The Balaban J connectivity index is -0.000000221. The second-order valence-corrected chi connectivity index (χ2v) is 7.91. The van der Waals surface area contributed by atoms with E-state index in [-0.39, 0.29) is 6.29 Å². The summed E-state index contributed by atoms with van der Waals surface area (Å²) in [6.07, 6.45) is 1.21. The third kappa shape index (κ3) is 20.5. The van der Waals surface area contributed by atoms with Crippen LogP contribution >= 0.6 is 7.94 Å². The van der Waals surface area contributed by atoms with Crippen LogP contribution in [0.25, 0.3) is 0 Å². The molecule has 0 saturated heterocycles. The summed E-state index contributed by atoms with van der Waals surface area (Å²) in [6, 6.07) is 0. The molecule has 6 heteroatoms. The summed E-state index contributed by atoms with van der Waals surface area (Å²) in [7, 11) is 6.01. The Kier molecular flexibility index (Phi) is 17.9. The number of methoxy groups -OCH3 is 2. The first-order chi connectivity index (χ1) is 9.05. The van der Waals surface area contributed by atoms with Crippen LogP contribution in [0.5, 0.6) is 0 Å². The lowest BCUT2D eigenvalue weighted by Crippen LogP contribution is -2.05. The minimum atomic E-state index is -1.91. The molecule has 0 amide bonds. The molecule has 0 unspecified atom stereocenters. The average molecular weight is 315 g/mol. The highest BCUT2D eigenvalue weighted by molar-refractivity contribution is 7.60. The van der Waals surface area contributed by atoms with Crippen molar-refractivity contribution < 1.29 is 23.0 Å². The molecule has 0 aromatic rings. The van der Waals surface area contributed by atoms with Gasteiger partial charge in [0.15, 0.2) is 6.29 Å². The van der Waals surface area contributed by atoms with Crippen LogP contribution in [0, 0.1) is 5.41 Å². The Morgan fingerprint density at radius 3 is 1.10 bits per heavy atom. The zero-order valence-electron chi connectivity index (χ0n) is 15.3. The van der Waals surface area contributed by atoms with Crippen molar-refractivity contribution in [2.75, 3.05) is 42.2 Å². The lowest BCUT2D eigenvalue weighted by Gasteiger charge is -2.12. The summed E-state index contributed by atoms with van der Waals surface area (Å²) in [5.74, 6) is 0. The number of hydrogen-bond acceptors (Lipinski definition) is 5. The van der Waals surface area contributed by atoms with E-state index in [4.69, 9.17) is 13.6 Å². The fourth-order valence-corrected chi connectivity index (χ4v) is 0.767. The van der Waals surface area contributed by atoms with Crippen LogP contribution < -0.4 is 0 Å². The van der Waals surface area contributed by atoms with Crippen molar-refractivity contribution in [2.24, 2.45) is 5.41 Å². The van der Waals surface area contributed by atoms with Gasteiger partial charge in [-0.15, -0.1) is 0 Å². The van der Waals surface area contributed by atoms with E-state index in [1.54, 1.807) is 42.2 Å². The number of ether oxygens (including phenoxy) is 2. The average Bonchev–Trinajstić information content (AvgIpc) is 2.46. The molecular weight excluding hydrogens is 279 g/mol. The maximum Gasteiger partial charge on any atom is 0.407 e. The van der Waals surface area contributed by atoms with Crippen LogP contribution in [0.4, 0.5) is 0 Å². The summed E-state index contributed by atoms with van der Waals surface area (Å²) in [5.41, 5.74) is 0.542. The molecule has 0 aliphatic heterocycles. The van der Waals surface area contributed by atoms with Gasteiger partial charge in [0.05, 0.1) is 21.3 Å². The third-order valence-electron chi connectivity index (χ3n) is 2.72. The zero-order valence-corrected chi connectivity index (χ0v) is 16.2.